The molecule has 4 heteroatoms. The van der Waals surface area contributed by atoms with Crippen molar-refractivity contribution >= 4 is 11.9 Å². The van der Waals surface area contributed by atoms with Gasteiger partial charge in [0.1, 0.15) is 11.5 Å². The molecule has 4 rings (SSSR count). The second-order valence-electron chi connectivity index (χ2n) is 11.7. The number of hydrogen-bond acceptors (Lipinski definition) is 4. The molecule has 4 nitrogen and oxygen atoms in total. The molecular weight excluding hydrogens is 484 g/mol. The molecule has 208 valence electrons. The van der Waals surface area contributed by atoms with Crippen LogP contribution in [0.5, 0.6) is 11.5 Å². The molecule has 0 amide bonds. The molecule has 2 aromatic carbocycles. The van der Waals surface area contributed by atoms with E-state index >= 15 is 0 Å². The summed E-state index contributed by atoms with van der Waals surface area (Å²) in [5, 5.41) is 0. The van der Waals surface area contributed by atoms with Gasteiger partial charge in [0, 0.05) is 11.8 Å². The molecule has 2 unspecified atom stereocenters. The minimum absolute atomic E-state index is 0.187. The molecule has 2 bridgehead atoms. The SMILES string of the molecule is CCCc1cc(CCC)cc(OC(=O)C2=C(C(=O)Oc3cc(CCC)cc(CCC)c3)C3C=CC2C3(C)C)c1. The third-order valence-corrected chi connectivity index (χ3v) is 8.08. The van der Waals surface area contributed by atoms with Crippen LogP contribution >= 0.6 is 0 Å². The molecule has 0 saturated carbocycles. The molecule has 0 aromatic heterocycles. The summed E-state index contributed by atoms with van der Waals surface area (Å²) in [5.74, 6) is -0.169. The lowest BCUT2D eigenvalue weighted by Gasteiger charge is -2.26. The summed E-state index contributed by atoms with van der Waals surface area (Å²) in [4.78, 5) is 27.5. The summed E-state index contributed by atoms with van der Waals surface area (Å²) in [6.07, 6.45) is 11.9. The van der Waals surface area contributed by atoms with E-state index in [1.54, 1.807) is 0 Å². The van der Waals surface area contributed by atoms with Gasteiger partial charge < -0.3 is 9.47 Å². The topological polar surface area (TPSA) is 52.6 Å². The molecule has 0 saturated heterocycles. The Balaban J connectivity index is 1.66. The Bertz CT molecular complexity index is 1140. The van der Waals surface area contributed by atoms with E-state index in [2.05, 4.69) is 65.8 Å². The molecule has 39 heavy (non-hydrogen) atoms. The van der Waals surface area contributed by atoms with Gasteiger partial charge in [0.2, 0.25) is 0 Å². The maximum atomic E-state index is 13.8. The van der Waals surface area contributed by atoms with E-state index in [1.807, 2.05) is 24.3 Å². The van der Waals surface area contributed by atoms with Gasteiger partial charge in [-0.3, -0.25) is 0 Å². The Labute approximate surface area is 234 Å². The molecule has 0 heterocycles. The number of allylic oxidation sites excluding steroid dienone is 2. The van der Waals surface area contributed by atoms with E-state index in [1.165, 1.54) is 22.3 Å². The maximum Gasteiger partial charge on any atom is 0.340 e. The van der Waals surface area contributed by atoms with Crippen molar-refractivity contribution < 1.29 is 19.1 Å². The summed E-state index contributed by atoms with van der Waals surface area (Å²) < 4.78 is 12.0. The highest BCUT2D eigenvalue weighted by Gasteiger charge is 2.55. The van der Waals surface area contributed by atoms with Gasteiger partial charge in [0.05, 0.1) is 11.1 Å². The maximum absolute atomic E-state index is 13.8. The zero-order valence-electron chi connectivity index (χ0n) is 24.6. The van der Waals surface area contributed by atoms with Gasteiger partial charge >= 0.3 is 11.9 Å². The highest BCUT2D eigenvalue weighted by molar-refractivity contribution is 6.05. The fourth-order valence-electron chi connectivity index (χ4n) is 6.29. The van der Waals surface area contributed by atoms with Crippen molar-refractivity contribution in [3.05, 3.63) is 82.0 Å². The van der Waals surface area contributed by atoms with Gasteiger partial charge in [-0.15, -0.1) is 0 Å². The number of hydrogen-bond donors (Lipinski definition) is 0. The highest BCUT2D eigenvalue weighted by atomic mass is 16.5. The fourth-order valence-corrected chi connectivity index (χ4v) is 6.29. The first kappa shape index (κ1) is 28.9. The van der Waals surface area contributed by atoms with Crippen LogP contribution in [0.25, 0.3) is 0 Å². The lowest BCUT2D eigenvalue weighted by molar-refractivity contribution is -0.133. The van der Waals surface area contributed by atoms with Crippen LogP contribution < -0.4 is 9.47 Å². The molecule has 2 aliphatic rings. The molecule has 0 spiro atoms. The molecular formula is C35H44O4. The minimum atomic E-state index is -0.450. The standard InChI is InChI=1S/C35H44O4/c1-7-11-23-17-24(12-8-2)20-27(19-23)38-33(36)31-29-15-16-30(35(29,5)6)32(31)34(37)39-28-21-25(13-9-3)18-26(22-28)14-10-4/h15-22,29-30H,7-14H2,1-6H3. The Morgan fingerprint density at radius 3 is 1.18 bits per heavy atom. The predicted octanol–water partition coefficient (Wildman–Crippen LogP) is 8.15. The average Bonchev–Trinajstić information content (AvgIpc) is 3.29. The number of carbonyl (C=O) groups excluding carboxylic acids is 2. The quantitative estimate of drug-likeness (QED) is 0.158. The Morgan fingerprint density at radius 1 is 0.590 bits per heavy atom. The summed E-state index contributed by atoms with van der Waals surface area (Å²) in [6.45, 7) is 12.8. The zero-order valence-corrected chi connectivity index (χ0v) is 24.6. The van der Waals surface area contributed by atoms with Gasteiger partial charge in [0.15, 0.2) is 0 Å². The van der Waals surface area contributed by atoms with Crippen molar-refractivity contribution in [1.29, 1.82) is 0 Å². The normalized spacial score (nSPS) is 19.0. The number of ether oxygens (including phenoxy) is 2. The van der Waals surface area contributed by atoms with Crippen LogP contribution in [0, 0.1) is 17.3 Å². The van der Waals surface area contributed by atoms with Crippen molar-refractivity contribution in [3.63, 3.8) is 0 Å². The van der Waals surface area contributed by atoms with Crippen molar-refractivity contribution in [2.75, 3.05) is 0 Å². The van der Waals surface area contributed by atoms with Crippen LogP contribution in [-0.2, 0) is 35.3 Å². The highest BCUT2D eigenvalue weighted by Crippen LogP contribution is 2.57. The second kappa shape index (κ2) is 12.4. The van der Waals surface area contributed by atoms with Crippen molar-refractivity contribution in [2.45, 2.75) is 92.9 Å². The Morgan fingerprint density at radius 2 is 0.897 bits per heavy atom. The molecule has 0 fully saturated rings. The first-order valence-electron chi connectivity index (χ1n) is 14.8. The van der Waals surface area contributed by atoms with E-state index in [4.69, 9.17) is 9.47 Å². The van der Waals surface area contributed by atoms with Crippen LogP contribution in [0.2, 0.25) is 0 Å². The average molecular weight is 529 g/mol. The van der Waals surface area contributed by atoms with E-state index in [0.717, 1.165) is 51.4 Å². The second-order valence-corrected chi connectivity index (χ2v) is 11.7. The number of aryl methyl sites for hydroxylation is 4. The molecule has 0 radical (unpaired) electrons. The third kappa shape index (κ3) is 6.21. The number of fused-ring (bicyclic) bond motifs is 2. The summed E-state index contributed by atoms with van der Waals surface area (Å²) in [7, 11) is 0. The van der Waals surface area contributed by atoms with E-state index in [9.17, 15) is 9.59 Å². The van der Waals surface area contributed by atoms with Gasteiger partial charge in [-0.05, 0) is 77.6 Å². The smallest absolute Gasteiger partial charge is 0.340 e. The summed E-state index contributed by atoms with van der Waals surface area (Å²) in [6, 6.07) is 12.2. The van der Waals surface area contributed by atoms with Gasteiger partial charge in [-0.2, -0.15) is 0 Å². The zero-order chi connectivity index (χ0) is 28.2. The van der Waals surface area contributed by atoms with Gasteiger partial charge in [-0.1, -0.05) is 91.5 Å². The fraction of sp³-hybridized carbons (Fsp3) is 0.486. The molecule has 2 aromatic rings. The Hall–Kier alpha value is -3.14. The Kier molecular flexibility index (Phi) is 9.15. The first-order valence-corrected chi connectivity index (χ1v) is 14.8. The van der Waals surface area contributed by atoms with E-state index < -0.39 is 11.9 Å². The lowest BCUT2D eigenvalue weighted by Crippen LogP contribution is -2.24. The minimum Gasteiger partial charge on any atom is -0.423 e. The summed E-state index contributed by atoms with van der Waals surface area (Å²) in [5.41, 5.74) is 5.26. The summed E-state index contributed by atoms with van der Waals surface area (Å²) >= 11 is 0. The van der Waals surface area contributed by atoms with Crippen LogP contribution in [0.4, 0.5) is 0 Å². The van der Waals surface area contributed by atoms with Crippen molar-refractivity contribution in [1.82, 2.24) is 0 Å². The monoisotopic (exact) mass is 528 g/mol. The third-order valence-electron chi connectivity index (χ3n) is 8.08. The van der Waals surface area contributed by atoms with Gasteiger partial charge in [-0.25, -0.2) is 9.59 Å². The molecule has 2 atom stereocenters. The molecule has 0 N–H and O–H groups in total. The van der Waals surface area contributed by atoms with Crippen LogP contribution in [0.3, 0.4) is 0 Å². The lowest BCUT2D eigenvalue weighted by atomic mass is 9.77. The van der Waals surface area contributed by atoms with Crippen LogP contribution in [0.1, 0.15) is 89.5 Å². The number of benzene rings is 2. The van der Waals surface area contributed by atoms with E-state index in [0.29, 0.717) is 22.6 Å². The first-order chi connectivity index (χ1) is 18.7. The van der Waals surface area contributed by atoms with Crippen molar-refractivity contribution in [3.8, 4) is 11.5 Å². The number of carbonyl (C=O) groups is 2. The number of esters is 2. The molecule has 2 aliphatic carbocycles. The molecule has 0 aliphatic heterocycles. The van der Waals surface area contributed by atoms with Crippen LogP contribution in [0.15, 0.2) is 59.7 Å². The van der Waals surface area contributed by atoms with Crippen molar-refractivity contribution in [2.24, 2.45) is 17.3 Å². The van der Waals surface area contributed by atoms with E-state index in [-0.39, 0.29) is 17.3 Å². The van der Waals surface area contributed by atoms with Gasteiger partial charge in [0.25, 0.3) is 0 Å². The van der Waals surface area contributed by atoms with Crippen LogP contribution in [-0.4, -0.2) is 11.9 Å². The number of rotatable bonds is 12. The largest absolute Gasteiger partial charge is 0.423 e. The predicted molar refractivity (Wildman–Crippen MR) is 157 cm³/mol.